The first-order chi connectivity index (χ1) is 12.1. The Hall–Kier alpha value is -2.82. The fourth-order valence-electron chi connectivity index (χ4n) is 2.45. The first-order valence-electron chi connectivity index (χ1n) is 8.19. The maximum Gasteiger partial charge on any atom is 0.306 e. The summed E-state index contributed by atoms with van der Waals surface area (Å²) < 4.78 is 10.3. The van der Waals surface area contributed by atoms with E-state index in [0.717, 1.165) is 11.1 Å². The van der Waals surface area contributed by atoms with Gasteiger partial charge in [-0.2, -0.15) is 0 Å². The highest BCUT2D eigenvalue weighted by Crippen LogP contribution is 2.19. The van der Waals surface area contributed by atoms with Crippen LogP contribution >= 0.6 is 0 Å². The van der Waals surface area contributed by atoms with Gasteiger partial charge in [-0.15, -0.1) is 0 Å². The molecule has 0 radical (unpaired) electrons. The second-order valence-corrected chi connectivity index (χ2v) is 5.77. The van der Waals surface area contributed by atoms with E-state index in [-0.39, 0.29) is 30.8 Å². The molecule has 25 heavy (non-hydrogen) atoms. The molecule has 0 bridgehead atoms. The number of ether oxygens (including phenoxy) is 2. The van der Waals surface area contributed by atoms with Crippen molar-refractivity contribution in [1.29, 1.82) is 0 Å². The summed E-state index contributed by atoms with van der Waals surface area (Å²) in [6.07, 6.45) is 0.240. The van der Waals surface area contributed by atoms with Crippen LogP contribution in [-0.2, 0) is 20.9 Å². The molecule has 0 heterocycles. The van der Waals surface area contributed by atoms with Crippen molar-refractivity contribution in [2.45, 2.75) is 25.8 Å². The van der Waals surface area contributed by atoms with Crippen molar-refractivity contribution in [1.82, 2.24) is 5.32 Å². The van der Waals surface area contributed by atoms with Gasteiger partial charge in [0.15, 0.2) is 6.61 Å². The fraction of sp³-hybridized carbons (Fsp3) is 0.300. The molecule has 0 unspecified atom stereocenters. The summed E-state index contributed by atoms with van der Waals surface area (Å²) in [7, 11) is 1.58. The number of rotatable bonds is 8. The van der Waals surface area contributed by atoms with Gasteiger partial charge in [0.25, 0.3) is 5.91 Å². The van der Waals surface area contributed by atoms with Crippen LogP contribution in [0.25, 0.3) is 0 Å². The van der Waals surface area contributed by atoms with Gasteiger partial charge in [0.05, 0.1) is 13.5 Å². The van der Waals surface area contributed by atoms with Crippen LogP contribution in [0.3, 0.4) is 0 Å². The monoisotopic (exact) mass is 341 g/mol. The molecule has 0 fully saturated rings. The number of nitrogens with one attached hydrogen (secondary N) is 1. The lowest BCUT2D eigenvalue weighted by Crippen LogP contribution is -2.28. The minimum absolute atomic E-state index is 0.0466. The Balaban J connectivity index is 1.73. The van der Waals surface area contributed by atoms with Gasteiger partial charge in [-0.05, 0) is 17.5 Å². The molecule has 132 valence electrons. The van der Waals surface area contributed by atoms with Crippen LogP contribution in [0.1, 0.15) is 30.4 Å². The van der Waals surface area contributed by atoms with E-state index in [9.17, 15) is 9.59 Å². The van der Waals surface area contributed by atoms with E-state index in [0.29, 0.717) is 12.3 Å². The van der Waals surface area contributed by atoms with E-state index >= 15 is 0 Å². The third-order valence-corrected chi connectivity index (χ3v) is 3.87. The highest BCUT2D eigenvalue weighted by molar-refractivity contribution is 5.80. The summed E-state index contributed by atoms with van der Waals surface area (Å²) in [5, 5.41) is 2.72. The van der Waals surface area contributed by atoms with E-state index in [4.69, 9.17) is 9.47 Å². The van der Waals surface area contributed by atoms with Crippen LogP contribution in [-0.4, -0.2) is 25.6 Å². The molecule has 2 aromatic rings. The van der Waals surface area contributed by atoms with Gasteiger partial charge in [-0.3, -0.25) is 9.59 Å². The molecule has 0 aliphatic heterocycles. The number of methoxy groups -OCH3 is 1. The lowest BCUT2D eigenvalue weighted by Gasteiger charge is -2.12. The second-order valence-electron chi connectivity index (χ2n) is 5.77. The molecule has 0 aliphatic carbocycles. The minimum Gasteiger partial charge on any atom is -0.496 e. The predicted octanol–water partition coefficient (Wildman–Crippen LogP) is 3.05. The van der Waals surface area contributed by atoms with Gasteiger partial charge < -0.3 is 14.8 Å². The third kappa shape index (κ3) is 5.95. The van der Waals surface area contributed by atoms with Crippen LogP contribution in [0.15, 0.2) is 54.6 Å². The first kappa shape index (κ1) is 18.5. The Morgan fingerprint density at radius 1 is 1.04 bits per heavy atom. The lowest BCUT2D eigenvalue weighted by molar-refractivity contribution is -0.148. The molecular weight excluding hydrogens is 318 g/mol. The van der Waals surface area contributed by atoms with Crippen molar-refractivity contribution >= 4 is 11.9 Å². The first-order valence-corrected chi connectivity index (χ1v) is 8.19. The zero-order valence-electron chi connectivity index (χ0n) is 14.5. The summed E-state index contributed by atoms with van der Waals surface area (Å²) >= 11 is 0. The summed E-state index contributed by atoms with van der Waals surface area (Å²) in [5.41, 5.74) is 1.93. The van der Waals surface area contributed by atoms with Gasteiger partial charge in [-0.1, -0.05) is 55.5 Å². The Kier molecular flexibility index (Phi) is 7.01. The molecule has 2 rings (SSSR count). The number of para-hydroxylation sites is 1. The van der Waals surface area contributed by atoms with E-state index < -0.39 is 0 Å². The summed E-state index contributed by atoms with van der Waals surface area (Å²) in [5.74, 6) is 0.0252. The maximum absolute atomic E-state index is 11.9. The largest absolute Gasteiger partial charge is 0.496 e. The molecule has 0 aromatic heterocycles. The number of carbonyl (C=O) groups is 2. The quantitative estimate of drug-likeness (QED) is 0.750. The third-order valence-electron chi connectivity index (χ3n) is 3.87. The number of esters is 1. The smallest absolute Gasteiger partial charge is 0.306 e. The minimum atomic E-state index is -0.385. The zero-order valence-corrected chi connectivity index (χ0v) is 14.5. The fourth-order valence-corrected chi connectivity index (χ4v) is 2.45. The average molecular weight is 341 g/mol. The van der Waals surface area contributed by atoms with Crippen molar-refractivity contribution in [2.24, 2.45) is 0 Å². The van der Waals surface area contributed by atoms with Gasteiger partial charge >= 0.3 is 5.97 Å². The molecule has 0 saturated heterocycles. The number of hydrogen-bond donors (Lipinski definition) is 1. The summed E-state index contributed by atoms with van der Waals surface area (Å²) in [6.45, 7) is 1.99. The Labute approximate surface area is 148 Å². The van der Waals surface area contributed by atoms with Gasteiger partial charge in [0.1, 0.15) is 5.75 Å². The van der Waals surface area contributed by atoms with Crippen molar-refractivity contribution in [3.05, 3.63) is 65.7 Å². The van der Waals surface area contributed by atoms with Crippen molar-refractivity contribution in [3.63, 3.8) is 0 Å². The SMILES string of the molecule is COc1ccccc1CNC(=O)COC(=O)C[C@@H](C)c1ccccc1. The van der Waals surface area contributed by atoms with Gasteiger partial charge in [0, 0.05) is 12.1 Å². The topological polar surface area (TPSA) is 64.6 Å². The van der Waals surface area contributed by atoms with E-state index in [1.165, 1.54) is 0 Å². The predicted molar refractivity (Wildman–Crippen MR) is 95.3 cm³/mol. The van der Waals surface area contributed by atoms with Crippen LogP contribution < -0.4 is 10.1 Å². The highest BCUT2D eigenvalue weighted by atomic mass is 16.5. The average Bonchev–Trinajstić information content (AvgIpc) is 2.65. The van der Waals surface area contributed by atoms with Crippen LogP contribution in [0, 0.1) is 0 Å². The summed E-state index contributed by atoms with van der Waals surface area (Å²) in [6, 6.07) is 17.2. The standard InChI is InChI=1S/C20H23NO4/c1-15(16-8-4-3-5-9-16)12-20(23)25-14-19(22)21-13-17-10-6-7-11-18(17)24-2/h3-11,15H,12-14H2,1-2H3,(H,21,22)/t15-/m1/s1. The molecule has 2 aromatic carbocycles. The van der Waals surface area contributed by atoms with Gasteiger partial charge in [0.2, 0.25) is 0 Å². The molecule has 1 atom stereocenters. The Bertz CT molecular complexity index is 700. The van der Waals surface area contributed by atoms with Crippen LogP contribution in [0.4, 0.5) is 0 Å². The molecule has 0 saturated carbocycles. The van der Waals surface area contributed by atoms with Gasteiger partial charge in [-0.25, -0.2) is 0 Å². The number of carbonyl (C=O) groups excluding carboxylic acids is 2. The van der Waals surface area contributed by atoms with E-state index in [1.807, 2.05) is 61.5 Å². The number of benzene rings is 2. The molecule has 0 spiro atoms. The highest BCUT2D eigenvalue weighted by Gasteiger charge is 2.14. The zero-order chi connectivity index (χ0) is 18.1. The Morgan fingerprint density at radius 3 is 2.44 bits per heavy atom. The lowest BCUT2D eigenvalue weighted by atomic mass is 9.98. The van der Waals surface area contributed by atoms with Crippen molar-refractivity contribution < 1.29 is 19.1 Å². The molecule has 0 aliphatic rings. The maximum atomic E-state index is 11.9. The van der Waals surface area contributed by atoms with Crippen LogP contribution in [0.5, 0.6) is 5.75 Å². The summed E-state index contributed by atoms with van der Waals surface area (Å²) in [4.78, 5) is 23.7. The van der Waals surface area contributed by atoms with Crippen LogP contribution in [0.2, 0.25) is 0 Å². The molecule has 1 N–H and O–H groups in total. The number of amides is 1. The van der Waals surface area contributed by atoms with Crippen molar-refractivity contribution in [3.8, 4) is 5.75 Å². The molecule has 5 nitrogen and oxygen atoms in total. The number of hydrogen-bond acceptors (Lipinski definition) is 4. The molecule has 1 amide bonds. The molecular formula is C20H23NO4. The Morgan fingerprint density at radius 2 is 1.72 bits per heavy atom. The second kappa shape index (κ2) is 9.47. The normalized spacial score (nSPS) is 11.4. The van der Waals surface area contributed by atoms with E-state index in [2.05, 4.69) is 5.32 Å². The molecule has 5 heteroatoms. The van der Waals surface area contributed by atoms with E-state index in [1.54, 1.807) is 7.11 Å². The van der Waals surface area contributed by atoms with Crippen molar-refractivity contribution in [2.75, 3.05) is 13.7 Å².